The quantitative estimate of drug-likeness (QED) is 0.337. The molecule has 0 aromatic carbocycles. The molecule has 0 saturated carbocycles. The summed E-state index contributed by atoms with van der Waals surface area (Å²) in [5.41, 5.74) is 3.94. The molecule has 0 aliphatic carbocycles. The van der Waals surface area contributed by atoms with Gasteiger partial charge >= 0.3 is 51.4 Å². The summed E-state index contributed by atoms with van der Waals surface area (Å²) in [4.78, 5) is 0. The molecule has 0 fully saturated rings. The monoisotopic (exact) mass is 195 g/mol. The Balaban J connectivity index is -0.000000245. The van der Waals surface area contributed by atoms with E-state index in [0.717, 1.165) is 0 Å². The van der Waals surface area contributed by atoms with Crippen molar-refractivity contribution in [2.24, 2.45) is 5.73 Å². The van der Waals surface area contributed by atoms with Crippen LogP contribution in [0.4, 0.5) is 0 Å². The summed E-state index contributed by atoms with van der Waals surface area (Å²) in [5.74, 6) is 0. The van der Waals surface area contributed by atoms with Crippen molar-refractivity contribution in [3.8, 4) is 0 Å². The van der Waals surface area contributed by atoms with Crippen LogP contribution in [0.1, 0.15) is 0 Å². The Bertz CT molecular complexity index is 63.3. The van der Waals surface area contributed by atoms with Crippen LogP contribution in [-0.2, 0) is 0 Å². The van der Waals surface area contributed by atoms with Crippen molar-refractivity contribution in [2.75, 3.05) is 19.8 Å². The third-order valence-electron chi connectivity index (χ3n) is 0.945. The first kappa shape index (κ1) is 17.7. The van der Waals surface area contributed by atoms with Crippen molar-refractivity contribution in [3.05, 3.63) is 0 Å². The number of halogens is 1. The number of aliphatic hydroxyl groups is 3. The Kier molecular flexibility index (Phi) is 15.7. The summed E-state index contributed by atoms with van der Waals surface area (Å²) in [6.45, 7) is -1.21. The Hall–Kier alpha value is 1.77. The molecule has 0 radical (unpaired) electrons. The molecule has 0 saturated heterocycles. The minimum atomic E-state index is -1.21. The van der Waals surface area contributed by atoms with Crippen LogP contribution >= 0.6 is 0 Å². The standard InChI is InChI=1S/C4H11NO3.ClH.K/c5-4(1-6,2-7)3-8;;/h6-8H,1-3,5H2;1H;/q;;+1/p-1. The molecule has 0 amide bonds. The topological polar surface area (TPSA) is 86.7 Å². The zero-order chi connectivity index (χ0) is 6.62. The van der Waals surface area contributed by atoms with Crippen molar-refractivity contribution >= 4 is 0 Å². The predicted octanol–water partition coefficient (Wildman–Crippen LogP) is -8.33. The molecule has 5 N–H and O–H groups in total. The van der Waals surface area contributed by atoms with Gasteiger partial charge in [0.25, 0.3) is 0 Å². The van der Waals surface area contributed by atoms with E-state index in [2.05, 4.69) is 0 Å². The molecule has 10 heavy (non-hydrogen) atoms. The van der Waals surface area contributed by atoms with Gasteiger partial charge in [-0.1, -0.05) is 0 Å². The van der Waals surface area contributed by atoms with Crippen molar-refractivity contribution in [1.82, 2.24) is 0 Å². The van der Waals surface area contributed by atoms with Gasteiger partial charge in [0.1, 0.15) is 0 Å². The van der Waals surface area contributed by atoms with Gasteiger partial charge in [0, 0.05) is 0 Å². The fraction of sp³-hybridized carbons (Fsp3) is 1.00. The van der Waals surface area contributed by atoms with Gasteiger partial charge < -0.3 is 33.5 Å². The molecule has 0 aliphatic heterocycles. The number of hydrogen-bond donors (Lipinski definition) is 4. The van der Waals surface area contributed by atoms with Gasteiger partial charge in [-0.3, -0.25) is 0 Å². The summed E-state index contributed by atoms with van der Waals surface area (Å²) in [7, 11) is 0. The Morgan fingerprint density at radius 2 is 1.20 bits per heavy atom. The SMILES string of the molecule is NC(CO)(CO)CO.[Cl-].[K+]. The first-order valence-electron chi connectivity index (χ1n) is 2.30. The van der Waals surface area contributed by atoms with Crippen LogP contribution in [0.2, 0.25) is 0 Å². The summed E-state index contributed by atoms with van der Waals surface area (Å²) < 4.78 is 0. The van der Waals surface area contributed by atoms with E-state index in [1.165, 1.54) is 0 Å². The van der Waals surface area contributed by atoms with Crippen LogP contribution in [0.15, 0.2) is 0 Å². The number of aliphatic hydroxyl groups excluding tert-OH is 3. The first-order valence-corrected chi connectivity index (χ1v) is 2.30. The van der Waals surface area contributed by atoms with Crippen LogP contribution in [-0.4, -0.2) is 40.7 Å². The molecule has 58 valence electrons. The molecule has 0 bridgehead atoms. The molecule has 0 unspecified atom stereocenters. The van der Waals surface area contributed by atoms with E-state index < -0.39 is 25.4 Å². The van der Waals surface area contributed by atoms with Gasteiger partial charge in [-0.15, -0.1) is 0 Å². The molecule has 0 aliphatic rings. The van der Waals surface area contributed by atoms with E-state index in [1.807, 2.05) is 0 Å². The van der Waals surface area contributed by atoms with Crippen molar-refractivity contribution in [3.63, 3.8) is 0 Å². The van der Waals surface area contributed by atoms with Gasteiger partial charge in [-0.05, 0) is 0 Å². The Labute approximate surface area is 109 Å². The van der Waals surface area contributed by atoms with Crippen LogP contribution in [0.5, 0.6) is 0 Å². The molecular weight excluding hydrogens is 185 g/mol. The molecule has 0 heterocycles. The second-order valence-electron chi connectivity index (χ2n) is 1.84. The second kappa shape index (κ2) is 8.86. The largest absolute Gasteiger partial charge is 1.00 e. The van der Waals surface area contributed by atoms with Crippen LogP contribution in [0, 0.1) is 0 Å². The van der Waals surface area contributed by atoms with E-state index in [-0.39, 0.29) is 63.8 Å². The third kappa shape index (κ3) is 6.47. The van der Waals surface area contributed by atoms with Gasteiger partial charge in [0.2, 0.25) is 0 Å². The fourth-order valence-corrected chi connectivity index (χ4v) is 0.150. The summed E-state index contributed by atoms with van der Waals surface area (Å²) in [6, 6.07) is 0. The maximum Gasteiger partial charge on any atom is 1.00 e. The summed E-state index contributed by atoms with van der Waals surface area (Å²) >= 11 is 0. The molecule has 6 heteroatoms. The molecular formula is C4H11ClKNO3. The molecule has 0 rings (SSSR count). The van der Waals surface area contributed by atoms with Crippen molar-refractivity contribution < 1.29 is 79.1 Å². The maximum absolute atomic E-state index is 8.34. The first-order chi connectivity index (χ1) is 3.68. The Morgan fingerprint density at radius 1 is 1.00 bits per heavy atom. The number of nitrogens with two attached hydrogens (primary N) is 1. The zero-order valence-corrected chi connectivity index (χ0v) is 9.80. The molecule has 0 aromatic heterocycles. The van der Waals surface area contributed by atoms with E-state index in [4.69, 9.17) is 21.1 Å². The van der Waals surface area contributed by atoms with E-state index in [0.29, 0.717) is 0 Å². The average Bonchev–Trinajstić information content (AvgIpc) is 1.87. The van der Waals surface area contributed by atoms with Gasteiger partial charge in [0.05, 0.1) is 25.4 Å². The smallest absolute Gasteiger partial charge is 1.00 e. The van der Waals surface area contributed by atoms with E-state index >= 15 is 0 Å². The molecule has 0 spiro atoms. The zero-order valence-electron chi connectivity index (χ0n) is 5.92. The maximum atomic E-state index is 8.34. The minimum Gasteiger partial charge on any atom is -1.00 e. The van der Waals surface area contributed by atoms with Crippen LogP contribution in [0.3, 0.4) is 0 Å². The summed E-state index contributed by atoms with van der Waals surface area (Å²) in [5, 5.41) is 25.0. The van der Waals surface area contributed by atoms with Crippen LogP contribution < -0.4 is 69.5 Å². The van der Waals surface area contributed by atoms with Gasteiger partial charge in [-0.25, -0.2) is 0 Å². The molecule has 0 atom stereocenters. The summed E-state index contributed by atoms with van der Waals surface area (Å²) in [6.07, 6.45) is 0. The van der Waals surface area contributed by atoms with Gasteiger partial charge in [0.15, 0.2) is 0 Å². The van der Waals surface area contributed by atoms with Crippen molar-refractivity contribution in [2.45, 2.75) is 5.54 Å². The Morgan fingerprint density at radius 3 is 1.20 bits per heavy atom. The normalized spacial score (nSPS) is 9.60. The van der Waals surface area contributed by atoms with Crippen molar-refractivity contribution in [1.29, 1.82) is 0 Å². The minimum absolute atomic E-state index is 0. The fourth-order valence-electron chi connectivity index (χ4n) is 0.150. The predicted molar refractivity (Wildman–Crippen MR) is 28.2 cm³/mol. The second-order valence-corrected chi connectivity index (χ2v) is 1.84. The number of rotatable bonds is 3. The van der Waals surface area contributed by atoms with E-state index in [1.54, 1.807) is 0 Å². The number of hydrogen-bond acceptors (Lipinski definition) is 4. The van der Waals surface area contributed by atoms with E-state index in [9.17, 15) is 0 Å². The molecule has 0 aromatic rings. The van der Waals surface area contributed by atoms with Gasteiger partial charge in [-0.2, -0.15) is 0 Å². The third-order valence-corrected chi connectivity index (χ3v) is 0.945. The van der Waals surface area contributed by atoms with Crippen LogP contribution in [0.25, 0.3) is 0 Å². The average molecular weight is 196 g/mol. The molecule has 4 nitrogen and oxygen atoms in total.